The first-order valence-electron chi connectivity index (χ1n) is 8.50. The molecule has 1 aliphatic rings. The molecule has 0 bridgehead atoms. The summed E-state index contributed by atoms with van der Waals surface area (Å²) in [7, 11) is 0. The number of alkyl carbamates (subject to hydrolysis) is 1. The second-order valence-electron chi connectivity index (χ2n) is 6.42. The Labute approximate surface area is 156 Å². The fraction of sp³-hybridized carbons (Fsp3) is 0.250. The number of fused-ring (bicyclic) bond motifs is 3. The molecule has 1 aliphatic carbocycles. The van der Waals surface area contributed by atoms with Crippen LogP contribution in [0.1, 0.15) is 24.0 Å². The predicted octanol–water partition coefficient (Wildman–Crippen LogP) is 1.89. The van der Waals surface area contributed by atoms with Crippen molar-refractivity contribution in [1.29, 1.82) is 0 Å². The molecule has 140 valence electrons. The number of ether oxygens (including phenoxy) is 1. The van der Waals surface area contributed by atoms with Gasteiger partial charge in [-0.15, -0.1) is 0 Å². The fourth-order valence-corrected chi connectivity index (χ4v) is 3.31. The van der Waals surface area contributed by atoms with Gasteiger partial charge in [-0.05, 0) is 29.2 Å². The van der Waals surface area contributed by atoms with Crippen LogP contribution in [0.4, 0.5) is 4.79 Å². The van der Waals surface area contributed by atoms with Gasteiger partial charge in [-0.25, -0.2) is 9.59 Å². The molecule has 7 heteroatoms. The van der Waals surface area contributed by atoms with Gasteiger partial charge in [0.05, 0.1) is 6.04 Å². The Morgan fingerprint density at radius 1 is 1.07 bits per heavy atom. The zero-order chi connectivity index (χ0) is 19.6. The number of carbonyl (C=O) groups is 3. The summed E-state index contributed by atoms with van der Waals surface area (Å²) in [6.45, 7) is 1.21. The van der Waals surface area contributed by atoms with Gasteiger partial charge in [0, 0.05) is 5.92 Å². The standard InChI is InChI=1S/C20H20N2O5/c1-11(23)17(21)18(19(24)25)22-20(26)27-10-16-14-8-4-2-6-12(14)13-7-3-5-9-15(13)16/h2-9,16-18H,10,21H2,1H3,(H,22,26)(H,24,25). The van der Waals surface area contributed by atoms with Crippen LogP contribution in [0.25, 0.3) is 11.1 Å². The molecule has 0 spiro atoms. The van der Waals surface area contributed by atoms with E-state index in [0.29, 0.717) is 0 Å². The molecule has 4 N–H and O–H groups in total. The van der Waals surface area contributed by atoms with Crippen molar-refractivity contribution < 1.29 is 24.2 Å². The van der Waals surface area contributed by atoms with Crippen molar-refractivity contribution in [2.24, 2.45) is 5.73 Å². The van der Waals surface area contributed by atoms with Crippen LogP contribution in [0.2, 0.25) is 0 Å². The van der Waals surface area contributed by atoms with Gasteiger partial charge >= 0.3 is 12.1 Å². The molecule has 2 atom stereocenters. The number of amides is 1. The van der Waals surface area contributed by atoms with Gasteiger partial charge in [0.1, 0.15) is 12.4 Å². The Hall–Kier alpha value is -3.19. The molecule has 1 amide bonds. The van der Waals surface area contributed by atoms with Gasteiger partial charge in [0.2, 0.25) is 0 Å². The summed E-state index contributed by atoms with van der Waals surface area (Å²) in [6.07, 6.45) is -0.930. The average molecular weight is 368 g/mol. The largest absolute Gasteiger partial charge is 0.480 e. The molecular weight excluding hydrogens is 348 g/mol. The Morgan fingerprint density at radius 3 is 2.07 bits per heavy atom. The molecule has 2 unspecified atom stereocenters. The number of aliphatic carboxylic acids is 1. The maximum absolute atomic E-state index is 12.1. The lowest BCUT2D eigenvalue weighted by Gasteiger charge is -2.20. The van der Waals surface area contributed by atoms with Gasteiger partial charge in [-0.2, -0.15) is 0 Å². The minimum atomic E-state index is -1.54. The third kappa shape index (κ3) is 3.68. The Balaban J connectivity index is 1.72. The number of hydrogen-bond acceptors (Lipinski definition) is 5. The number of Topliss-reactive ketones (excluding diaryl/α,β-unsaturated/α-hetero) is 1. The molecule has 0 aliphatic heterocycles. The summed E-state index contributed by atoms with van der Waals surface area (Å²) < 4.78 is 5.27. The minimum absolute atomic E-state index is 0.0432. The molecular formula is C20H20N2O5. The highest BCUT2D eigenvalue weighted by Gasteiger charge is 2.32. The third-order valence-electron chi connectivity index (χ3n) is 4.71. The number of carbonyl (C=O) groups excluding carboxylic acids is 2. The average Bonchev–Trinajstić information content (AvgIpc) is 2.97. The molecule has 2 aromatic rings. The summed E-state index contributed by atoms with van der Waals surface area (Å²) in [5.74, 6) is -2.08. The molecule has 0 heterocycles. The Kier molecular flexibility index (Phi) is 5.23. The van der Waals surface area contributed by atoms with E-state index in [2.05, 4.69) is 5.32 Å². The highest BCUT2D eigenvalue weighted by atomic mass is 16.5. The lowest BCUT2D eigenvalue weighted by Crippen LogP contribution is -2.55. The molecule has 27 heavy (non-hydrogen) atoms. The number of carboxylic acids is 1. The number of nitrogens with one attached hydrogen (secondary N) is 1. The van der Waals surface area contributed by atoms with Crippen molar-refractivity contribution in [1.82, 2.24) is 5.32 Å². The first kappa shape index (κ1) is 18.6. The summed E-state index contributed by atoms with van der Waals surface area (Å²) in [5.41, 5.74) is 9.81. The first-order valence-corrected chi connectivity index (χ1v) is 8.50. The van der Waals surface area contributed by atoms with E-state index in [-0.39, 0.29) is 12.5 Å². The van der Waals surface area contributed by atoms with Gasteiger partial charge in [-0.3, -0.25) is 4.79 Å². The van der Waals surface area contributed by atoms with Gasteiger partial charge < -0.3 is 20.9 Å². The topological polar surface area (TPSA) is 119 Å². The quantitative estimate of drug-likeness (QED) is 0.716. The maximum atomic E-state index is 12.1. The van der Waals surface area contributed by atoms with Crippen LogP contribution in [0, 0.1) is 0 Å². The van der Waals surface area contributed by atoms with Crippen molar-refractivity contribution in [3.63, 3.8) is 0 Å². The van der Waals surface area contributed by atoms with Crippen LogP contribution in [-0.2, 0) is 14.3 Å². The normalized spacial score (nSPS) is 14.6. The van der Waals surface area contributed by atoms with Gasteiger partial charge in [-0.1, -0.05) is 48.5 Å². The van der Waals surface area contributed by atoms with E-state index in [1.807, 2.05) is 48.5 Å². The molecule has 0 aromatic heterocycles. The lowest BCUT2D eigenvalue weighted by atomic mass is 9.98. The zero-order valence-corrected chi connectivity index (χ0v) is 14.7. The molecule has 3 rings (SSSR count). The summed E-state index contributed by atoms with van der Waals surface area (Å²) in [4.78, 5) is 34.7. The number of nitrogens with two attached hydrogens (primary N) is 1. The molecule has 2 aromatic carbocycles. The lowest BCUT2D eigenvalue weighted by molar-refractivity contribution is -0.141. The Morgan fingerprint density at radius 2 is 1.59 bits per heavy atom. The number of rotatable bonds is 6. The van der Waals surface area contributed by atoms with E-state index < -0.39 is 29.9 Å². The smallest absolute Gasteiger partial charge is 0.407 e. The summed E-state index contributed by atoms with van der Waals surface area (Å²) in [6, 6.07) is 12.8. The van der Waals surface area contributed by atoms with Gasteiger partial charge in [0.25, 0.3) is 0 Å². The van der Waals surface area contributed by atoms with E-state index in [4.69, 9.17) is 10.5 Å². The van der Waals surface area contributed by atoms with E-state index >= 15 is 0 Å². The monoisotopic (exact) mass is 368 g/mol. The second kappa shape index (κ2) is 7.59. The first-order chi connectivity index (χ1) is 12.9. The van der Waals surface area contributed by atoms with Crippen molar-refractivity contribution in [2.75, 3.05) is 6.61 Å². The van der Waals surface area contributed by atoms with Crippen molar-refractivity contribution in [3.8, 4) is 11.1 Å². The van der Waals surface area contributed by atoms with Crippen molar-refractivity contribution >= 4 is 17.8 Å². The highest BCUT2D eigenvalue weighted by molar-refractivity contribution is 5.91. The van der Waals surface area contributed by atoms with E-state index in [1.54, 1.807) is 0 Å². The van der Waals surface area contributed by atoms with Crippen LogP contribution in [0.5, 0.6) is 0 Å². The van der Waals surface area contributed by atoms with E-state index in [0.717, 1.165) is 22.3 Å². The Bertz CT molecular complexity index is 850. The zero-order valence-electron chi connectivity index (χ0n) is 14.7. The van der Waals surface area contributed by atoms with Crippen LogP contribution in [0.15, 0.2) is 48.5 Å². The third-order valence-corrected chi connectivity index (χ3v) is 4.71. The van der Waals surface area contributed by atoms with Crippen LogP contribution in [-0.4, -0.2) is 41.6 Å². The van der Waals surface area contributed by atoms with E-state index in [9.17, 15) is 19.5 Å². The maximum Gasteiger partial charge on any atom is 0.407 e. The summed E-state index contributed by atoms with van der Waals surface area (Å²) in [5, 5.41) is 11.3. The second-order valence-corrected chi connectivity index (χ2v) is 6.42. The van der Waals surface area contributed by atoms with Crippen molar-refractivity contribution in [3.05, 3.63) is 59.7 Å². The number of hydrogen-bond donors (Lipinski definition) is 3. The SMILES string of the molecule is CC(=O)C(N)C(NC(=O)OCC1c2ccccc2-c2ccccc21)C(=O)O. The molecule has 0 radical (unpaired) electrons. The number of benzene rings is 2. The molecule has 0 saturated carbocycles. The molecule has 0 saturated heterocycles. The molecule has 7 nitrogen and oxygen atoms in total. The van der Waals surface area contributed by atoms with Crippen LogP contribution >= 0.6 is 0 Å². The number of ketones is 1. The fourth-order valence-electron chi connectivity index (χ4n) is 3.31. The highest BCUT2D eigenvalue weighted by Crippen LogP contribution is 2.44. The minimum Gasteiger partial charge on any atom is -0.480 e. The predicted molar refractivity (Wildman–Crippen MR) is 98.3 cm³/mol. The van der Waals surface area contributed by atoms with Crippen LogP contribution in [0.3, 0.4) is 0 Å². The van der Waals surface area contributed by atoms with Crippen molar-refractivity contribution in [2.45, 2.75) is 24.9 Å². The van der Waals surface area contributed by atoms with E-state index in [1.165, 1.54) is 6.92 Å². The molecule has 0 fully saturated rings. The number of carboxylic acid groups (broad SMARTS) is 1. The van der Waals surface area contributed by atoms with Crippen LogP contribution < -0.4 is 11.1 Å². The summed E-state index contributed by atoms with van der Waals surface area (Å²) >= 11 is 0. The van der Waals surface area contributed by atoms with Gasteiger partial charge in [0.15, 0.2) is 6.04 Å².